The molecule has 8 heteroatoms. The Morgan fingerprint density at radius 2 is 1.96 bits per heavy atom. The van der Waals surface area contributed by atoms with Gasteiger partial charge in [-0.25, -0.2) is 4.98 Å². The third kappa shape index (κ3) is 3.23. The topological polar surface area (TPSA) is 106 Å². The molecule has 1 amide bonds. The molecule has 0 saturated heterocycles. The number of rotatable bonds is 5. The molecule has 0 aliphatic heterocycles. The lowest BCUT2D eigenvalue weighted by molar-refractivity contribution is 0.102. The summed E-state index contributed by atoms with van der Waals surface area (Å²) in [5, 5.41) is 13.5. The largest absolute Gasteiger partial charge is 0.493 e. The number of carbonyl (C=O) groups is 1. The van der Waals surface area contributed by atoms with Gasteiger partial charge in [-0.1, -0.05) is 35.5 Å². The number of benzene rings is 1. The SMILES string of the molecule is COc1cc(-c2cn[nH]c2)cnc1NC(=O)c1c(-c2ccccc2)noc1C. The number of nitrogens with one attached hydrogen (secondary N) is 2. The smallest absolute Gasteiger partial charge is 0.262 e. The van der Waals surface area contributed by atoms with Crippen molar-refractivity contribution >= 4 is 11.7 Å². The third-order valence-corrected chi connectivity index (χ3v) is 4.27. The highest BCUT2D eigenvalue weighted by atomic mass is 16.5. The first-order valence-electron chi connectivity index (χ1n) is 8.53. The van der Waals surface area contributed by atoms with E-state index in [0.717, 1.165) is 16.7 Å². The van der Waals surface area contributed by atoms with Gasteiger partial charge >= 0.3 is 0 Å². The lowest BCUT2D eigenvalue weighted by Gasteiger charge is -2.10. The van der Waals surface area contributed by atoms with E-state index in [1.54, 1.807) is 31.6 Å². The van der Waals surface area contributed by atoms with Crippen molar-refractivity contribution in [3.05, 3.63) is 66.3 Å². The number of hydrogen-bond donors (Lipinski definition) is 2. The second kappa shape index (κ2) is 7.36. The summed E-state index contributed by atoms with van der Waals surface area (Å²) in [5.74, 6) is 0.784. The van der Waals surface area contributed by atoms with E-state index >= 15 is 0 Å². The van der Waals surface area contributed by atoms with Gasteiger partial charge < -0.3 is 14.6 Å². The van der Waals surface area contributed by atoms with Crippen LogP contribution in [0.1, 0.15) is 16.1 Å². The molecular weight excluding hydrogens is 358 g/mol. The number of amides is 1. The Hall–Kier alpha value is -3.94. The summed E-state index contributed by atoms with van der Waals surface area (Å²) < 4.78 is 10.7. The fourth-order valence-corrected chi connectivity index (χ4v) is 2.86. The molecule has 4 rings (SSSR count). The molecule has 3 aromatic heterocycles. The highest BCUT2D eigenvalue weighted by Crippen LogP contribution is 2.30. The van der Waals surface area contributed by atoms with Gasteiger partial charge in [-0.2, -0.15) is 5.10 Å². The second-order valence-corrected chi connectivity index (χ2v) is 6.04. The normalized spacial score (nSPS) is 10.6. The summed E-state index contributed by atoms with van der Waals surface area (Å²) in [6.07, 6.45) is 5.07. The van der Waals surface area contributed by atoms with Crippen LogP contribution in [0.3, 0.4) is 0 Å². The fraction of sp³-hybridized carbons (Fsp3) is 0.100. The van der Waals surface area contributed by atoms with Crippen LogP contribution in [-0.2, 0) is 0 Å². The molecule has 2 N–H and O–H groups in total. The average Bonchev–Trinajstić information content (AvgIpc) is 3.39. The number of pyridine rings is 1. The highest BCUT2D eigenvalue weighted by molar-refractivity contribution is 6.09. The summed E-state index contributed by atoms with van der Waals surface area (Å²) in [5.41, 5.74) is 3.30. The van der Waals surface area contributed by atoms with Gasteiger partial charge in [0.2, 0.25) is 0 Å². The van der Waals surface area contributed by atoms with Gasteiger partial charge in [-0.3, -0.25) is 9.89 Å². The molecule has 0 atom stereocenters. The van der Waals surface area contributed by atoms with E-state index in [2.05, 4.69) is 25.7 Å². The molecule has 3 heterocycles. The molecule has 0 saturated carbocycles. The van der Waals surface area contributed by atoms with E-state index in [1.165, 1.54) is 7.11 Å². The Kier molecular flexibility index (Phi) is 4.59. The minimum atomic E-state index is -0.375. The Balaban J connectivity index is 1.65. The molecule has 1 aromatic carbocycles. The number of carbonyl (C=O) groups excluding carboxylic acids is 1. The summed E-state index contributed by atoms with van der Waals surface area (Å²) in [4.78, 5) is 17.3. The molecule has 0 radical (unpaired) electrons. The summed E-state index contributed by atoms with van der Waals surface area (Å²) >= 11 is 0. The van der Waals surface area contributed by atoms with Gasteiger partial charge in [0, 0.05) is 29.1 Å². The van der Waals surface area contributed by atoms with E-state index in [-0.39, 0.29) is 5.91 Å². The molecule has 0 aliphatic rings. The Morgan fingerprint density at radius 3 is 2.68 bits per heavy atom. The second-order valence-electron chi connectivity index (χ2n) is 6.04. The fourth-order valence-electron chi connectivity index (χ4n) is 2.86. The third-order valence-electron chi connectivity index (χ3n) is 4.27. The van der Waals surface area contributed by atoms with E-state index in [4.69, 9.17) is 9.26 Å². The molecular formula is C20H17N5O3. The van der Waals surface area contributed by atoms with E-state index in [0.29, 0.717) is 28.6 Å². The Labute approximate surface area is 160 Å². The zero-order chi connectivity index (χ0) is 19.5. The van der Waals surface area contributed by atoms with Gasteiger partial charge in [0.1, 0.15) is 17.0 Å². The maximum absolute atomic E-state index is 13.0. The number of aryl methyl sites for hydroxylation is 1. The molecule has 8 nitrogen and oxygen atoms in total. The van der Waals surface area contributed by atoms with Gasteiger partial charge in [-0.15, -0.1) is 0 Å². The van der Waals surface area contributed by atoms with Crippen LogP contribution in [0.5, 0.6) is 5.75 Å². The first kappa shape index (κ1) is 17.5. The Bertz CT molecular complexity index is 1100. The quantitative estimate of drug-likeness (QED) is 0.551. The Morgan fingerprint density at radius 1 is 1.14 bits per heavy atom. The monoisotopic (exact) mass is 375 g/mol. The van der Waals surface area contributed by atoms with Crippen molar-refractivity contribution in [2.45, 2.75) is 6.92 Å². The minimum Gasteiger partial charge on any atom is -0.493 e. The zero-order valence-corrected chi connectivity index (χ0v) is 15.3. The number of nitrogens with zero attached hydrogens (tertiary/aromatic N) is 3. The maximum atomic E-state index is 13.0. The van der Waals surface area contributed by atoms with Crippen molar-refractivity contribution in [1.29, 1.82) is 0 Å². The van der Waals surface area contributed by atoms with Crippen LogP contribution in [0.25, 0.3) is 22.4 Å². The standard InChI is InChI=1S/C20H17N5O3/c1-12-17(18(25-28-12)13-6-4-3-5-7-13)20(26)24-19-16(27-2)8-14(9-21-19)15-10-22-23-11-15/h3-11H,1-2H3,(H,22,23)(H,21,24,26). The number of methoxy groups -OCH3 is 1. The van der Waals surface area contributed by atoms with Gasteiger partial charge in [0.05, 0.1) is 13.3 Å². The molecule has 140 valence electrons. The summed E-state index contributed by atoms with van der Waals surface area (Å²) in [6.45, 7) is 1.70. The average molecular weight is 375 g/mol. The number of H-pyrrole nitrogens is 1. The van der Waals surface area contributed by atoms with E-state index < -0.39 is 0 Å². The number of hydrogen-bond acceptors (Lipinski definition) is 6. The van der Waals surface area contributed by atoms with Crippen LogP contribution in [-0.4, -0.2) is 33.4 Å². The lowest BCUT2D eigenvalue weighted by Crippen LogP contribution is -2.15. The molecule has 28 heavy (non-hydrogen) atoms. The molecule has 0 fully saturated rings. The molecule has 0 bridgehead atoms. The minimum absolute atomic E-state index is 0.305. The predicted octanol–water partition coefficient (Wildman–Crippen LogP) is 3.70. The molecule has 0 spiro atoms. The highest BCUT2D eigenvalue weighted by Gasteiger charge is 2.23. The number of ether oxygens (including phenoxy) is 1. The maximum Gasteiger partial charge on any atom is 0.262 e. The van der Waals surface area contributed by atoms with Crippen molar-refractivity contribution in [2.75, 3.05) is 12.4 Å². The number of aromatic amines is 1. The van der Waals surface area contributed by atoms with Crippen molar-refractivity contribution in [1.82, 2.24) is 20.3 Å². The van der Waals surface area contributed by atoms with Gasteiger partial charge in [-0.05, 0) is 13.0 Å². The van der Waals surface area contributed by atoms with Gasteiger partial charge in [0.25, 0.3) is 5.91 Å². The summed E-state index contributed by atoms with van der Waals surface area (Å²) in [6, 6.07) is 11.2. The lowest BCUT2D eigenvalue weighted by atomic mass is 10.1. The first-order valence-corrected chi connectivity index (χ1v) is 8.53. The van der Waals surface area contributed by atoms with Crippen molar-refractivity contribution in [3.63, 3.8) is 0 Å². The zero-order valence-electron chi connectivity index (χ0n) is 15.3. The van der Waals surface area contributed by atoms with Crippen molar-refractivity contribution < 1.29 is 14.1 Å². The van der Waals surface area contributed by atoms with Crippen LogP contribution in [0.15, 0.2) is 59.5 Å². The number of aromatic nitrogens is 4. The summed E-state index contributed by atoms with van der Waals surface area (Å²) in [7, 11) is 1.52. The van der Waals surface area contributed by atoms with Crippen molar-refractivity contribution in [2.24, 2.45) is 0 Å². The van der Waals surface area contributed by atoms with Crippen LogP contribution in [0.4, 0.5) is 5.82 Å². The molecule has 0 aliphatic carbocycles. The van der Waals surface area contributed by atoms with Crippen LogP contribution < -0.4 is 10.1 Å². The van der Waals surface area contributed by atoms with Crippen LogP contribution in [0, 0.1) is 6.92 Å². The van der Waals surface area contributed by atoms with Crippen LogP contribution in [0.2, 0.25) is 0 Å². The van der Waals surface area contributed by atoms with Crippen molar-refractivity contribution in [3.8, 4) is 28.1 Å². The van der Waals surface area contributed by atoms with E-state index in [1.807, 2.05) is 30.3 Å². The predicted molar refractivity (Wildman–Crippen MR) is 103 cm³/mol. The first-order chi connectivity index (χ1) is 13.7. The molecule has 0 unspecified atom stereocenters. The van der Waals surface area contributed by atoms with Gasteiger partial charge in [0.15, 0.2) is 11.6 Å². The van der Waals surface area contributed by atoms with Crippen LogP contribution >= 0.6 is 0 Å². The van der Waals surface area contributed by atoms with E-state index in [9.17, 15) is 4.79 Å². The number of anilines is 1. The molecule has 4 aromatic rings.